The molecule has 1 fully saturated rings. The van der Waals surface area contributed by atoms with Crippen LogP contribution in [0.2, 0.25) is 0 Å². The number of rotatable bonds is 5. The SMILES string of the molecule is C[C@@H](OCC[C@@H]1CCCNC1)c1ccco1. The molecule has 1 saturated heterocycles. The molecule has 0 spiro atoms. The predicted molar refractivity (Wildman–Crippen MR) is 63.3 cm³/mol. The van der Waals surface area contributed by atoms with Gasteiger partial charge in [-0.25, -0.2) is 0 Å². The smallest absolute Gasteiger partial charge is 0.132 e. The monoisotopic (exact) mass is 223 g/mol. The van der Waals surface area contributed by atoms with E-state index in [1.54, 1.807) is 6.26 Å². The first-order chi connectivity index (χ1) is 7.86. The van der Waals surface area contributed by atoms with Crippen molar-refractivity contribution in [1.82, 2.24) is 5.32 Å². The highest BCUT2D eigenvalue weighted by Gasteiger charge is 2.14. The molecule has 90 valence electrons. The summed E-state index contributed by atoms with van der Waals surface area (Å²) >= 11 is 0. The van der Waals surface area contributed by atoms with Crippen molar-refractivity contribution < 1.29 is 9.15 Å². The van der Waals surface area contributed by atoms with Gasteiger partial charge in [0.2, 0.25) is 0 Å². The number of furan rings is 1. The molecule has 3 nitrogen and oxygen atoms in total. The highest BCUT2D eigenvalue weighted by Crippen LogP contribution is 2.19. The standard InChI is InChI=1S/C13H21NO2/c1-11(13-5-3-8-16-13)15-9-6-12-4-2-7-14-10-12/h3,5,8,11-12,14H,2,4,6-7,9-10H2,1H3/t11-,12+/m1/s1. The molecule has 1 aromatic heterocycles. The van der Waals surface area contributed by atoms with Crippen LogP contribution in [-0.4, -0.2) is 19.7 Å². The predicted octanol–water partition coefficient (Wildman–Crippen LogP) is 2.75. The van der Waals surface area contributed by atoms with E-state index in [-0.39, 0.29) is 6.10 Å². The molecule has 3 heteroatoms. The summed E-state index contributed by atoms with van der Waals surface area (Å²) in [6.07, 6.45) is 5.56. The number of hydrogen-bond acceptors (Lipinski definition) is 3. The van der Waals surface area contributed by atoms with Gasteiger partial charge in [-0.3, -0.25) is 0 Å². The second-order valence-electron chi connectivity index (χ2n) is 4.53. The van der Waals surface area contributed by atoms with Gasteiger partial charge in [-0.1, -0.05) is 0 Å². The Morgan fingerprint density at radius 3 is 3.25 bits per heavy atom. The van der Waals surface area contributed by atoms with Gasteiger partial charge in [0.25, 0.3) is 0 Å². The maximum absolute atomic E-state index is 5.77. The first kappa shape index (κ1) is 11.7. The van der Waals surface area contributed by atoms with Gasteiger partial charge in [-0.05, 0) is 57.3 Å². The molecule has 0 radical (unpaired) electrons. The van der Waals surface area contributed by atoms with Crippen LogP contribution in [0.4, 0.5) is 0 Å². The Morgan fingerprint density at radius 2 is 2.56 bits per heavy atom. The normalized spacial score (nSPS) is 23.2. The number of piperidine rings is 1. The minimum atomic E-state index is 0.0755. The molecule has 0 aliphatic carbocycles. The molecule has 0 unspecified atom stereocenters. The number of hydrogen-bond donors (Lipinski definition) is 1. The van der Waals surface area contributed by atoms with Crippen LogP contribution in [0.25, 0.3) is 0 Å². The van der Waals surface area contributed by atoms with Crippen LogP contribution in [0.5, 0.6) is 0 Å². The fraction of sp³-hybridized carbons (Fsp3) is 0.692. The van der Waals surface area contributed by atoms with Crippen molar-refractivity contribution in [3.05, 3.63) is 24.2 Å². The van der Waals surface area contributed by atoms with E-state index in [1.807, 2.05) is 19.1 Å². The lowest BCUT2D eigenvalue weighted by atomic mass is 9.97. The lowest BCUT2D eigenvalue weighted by Crippen LogP contribution is -2.30. The Hall–Kier alpha value is -0.800. The summed E-state index contributed by atoms with van der Waals surface area (Å²) in [4.78, 5) is 0. The van der Waals surface area contributed by atoms with Crippen LogP contribution >= 0.6 is 0 Å². The Labute approximate surface area is 97.2 Å². The summed E-state index contributed by atoms with van der Waals surface area (Å²) in [6, 6.07) is 3.87. The molecule has 1 aromatic rings. The van der Waals surface area contributed by atoms with Crippen LogP contribution in [0.15, 0.2) is 22.8 Å². The quantitative estimate of drug-likeness (QED) is 0.833. The fourth-order valence-electron chi connectivity index (χ4n) is 2.19. The van der Waals surface area contributed by atoms with Gasteiger partial charge >= 0.3 is 0 Å². The molecular weight excluding hydrogens is 202 g/mol. The molecule has 2 heterocycles. The van der Waals surface area contributed by atoms with E-state index in [9.17, 15) is 0 Å². The zero-order chi connectivity index (χ0) is 11.2. The average Bonchev–Trinajstić information content (AvgIpc) is 2.84. The Bertz CT molecular complexity index is 278. The fourth-order valence-corrected chi connectivity index (χ4v) is 2.19. The summed E-state index contributed by atoms with van der Waals surface area (Å²) in [7, 11) is 0. The molecule has 1 N–H and O–H groups in total. The summed E-state index contributed by atoms with van der Waals surface area (Å²) < 4.78 is 11.1. The van der Waals surface area contributed by atoms with Crippen molar-refractivity contribution in [2.24, 2.45) is 5.92 Å². The van der Waals surface area contributed by atoms with Crippen molar-refractivity contribution in [2.45, 2.75) is 32.3 Å². The van der Waals surface area contributed by atoms with Gasteiger partial charge in [0.15, 0.2) is 0 Å². The van der Waals surface area contributed by atoms with Gasteiger partial charge in [0, 0.05) is 6.61 Å². The van der Waals surface area contributed by atoms with Crippen molar-refractivity contribution >= 4 is 0 Å². The number of nitrogens with one attached hydrogen (secondary N) is 1. The summed E-state index contributed by atoms with van der Waals surface area (Å²) in [5, 5.41) is 3.43. The van der Waals surface area contributed by atoms with E-state index >= 15 is 0 Å². The van der Waals surface area contributed by atoms with Crippen LogP contribution in [0.1, 0.15) is 38.1 Å². The van der Waals surface area contributed by atoms with Crippen molar-refractivity contribution in [3.63, 3.8) is 0 Å². The van der Waals surface area contributed by atoms with Gasteiger partial charge < -0.3 is 14.5 Å². The Morgan fingerprint density at radius 1 is 1.62 bits per heavy atom. The van der Waals surface area contributed by atoms with Crippen LogP contribution in [-0.2, 0) is 4.74 Å². The number of ether oxygens (including phenoxy) is 1. The average molecular weight is 223 g/mol. The third kappa shape index (κ3) is 3.35. The van der Waals surface area contributed by atoms with E-state index in [0.717, 1.165) is 31.3 Å². The maximum Gasteiger partial charge on any atom is 0.132 e. The van der Waals surface area contributed by atoms with Crippen LogP contribution in [0.3, 0.4) is 0 Å². The third-order valence-electron chi connectivity index (χ3n) is 3.24. The van der Waals surface area contributed by atoms with Gasteiger partial charge in [-0.15, -0.1) is 0 Å². The maximum atomic E-state index is 5.77. The molecule has 0 amide bonds. The molecule has 2 atom stereocenters. The van der Waals surface area contributed by atoms with Gasteiger partial charge in [-0.2, -0.15) is 0 Å². The first-order valence-corrected chi connectivity index (χ1v) is 6.22. The van der Waals surface area contributed by atoms with Crippen LogP contribution in [0, 0.1) is 5.92 Å². The Kier molecular flexibility index (Phi) is 4.43. The van der Waals surface area contributed by atoms with E-state index in [0.29, 0.717) is 0 Å². The largest absolute Gasteiger partial charge is 0.467 e. The minimum Gasteiger partial charge on any atom is -0.467 e. The zero-order valence-electron chi connectivity index (χ0n) is 9.95. The molecule has 2 rings (SSSR count). The lowest BCUT2D eigenvalue weighted by molar-refractivity contribution is 0.0403. The van der Waals surface area contributed by atoms with Crippen LogP contribution < -0.4 is 5.32 Å². The van der Waals surface area contributed by atoms with E-state index < -0.39 is 0 Å². The third-order valence-corrected chi connectivity index (χ3v) is 3.24. The molecular formula is C13H21NO2. The lowest BCUT2D eigenvalue weighted by Gasteiger charge is -2.23. The second-order valence-corrected chi connectivity index (χ2v) is 4.53. The van der Waals surface area contributed by atoms with Crippen molar-refractivity contribution in [2.75, 3.05) is 19.7 Å². The summed E-state index contributed by atoms with van der Waals surface area (Å²) in [6.45, 7) is 5.20. The zero-order valence-corrected chi connectivity index (χ0v) is 9.95. The molecule has 0 aromatic carbocycles. The van der Waals surface area contributed by atoms with Gasteiger partial charge in [0.1, 0.15) is 11.9 Å². The first-order valence-electron chi connectivity index (χ1n) is 6.22. The summed E-state index contributed by atoms with van der Waals surface area (Å²) in [5.41, 5.74) is 0. The highest BCUT2D eigenvalue weighted by atomic mass is 16.5. The molecule has 1 aliphatic rings. The van der Waals surface area contributed by atoms with Gasteiger partial charge in [0.05, 0.1) is 6.26 Å². The summed E-state index contributed by atoms with van der Waals surface area (Å²) in [5.74, 6) is 1.71. The molecule has 0 bridgehead atoms. The Balaban J connectivity index is 1.63. The van der Waals surface area contributed by atoms with Crippen molar-refractivity contribution in [1.29, 1.82) is 0 Å². The van der Waals surface area contributed by atoms with Crippen molar-refractivity contribution in [3.8, 4) is 0 Å². The molecule has 16 heavy (non-hydrogen) atoms. The topological polar surface area (TPSA) is 34.4 Å². The second kappa shape index (κ2) is 6.06. The highest BCUT2D eigenvalue weighted by molar-refractivity contribution is 5.00. The minimum absolute atomic E-state index is 0.0755. The van der Waals surface area contributed by atoms with E-state index in [1.165, 1.54) is 19.4 Å². The van der Waals surface area contributed by atoms with E-state index in [2.05, 4.69) is 5.32 Å². The van der Waals surface area contributed by atoms with E-state index in [4.69, 9.17) is 9.15 Å². The molecule has 0 saturated carbocycles. The molecule has 1 aliphatic heterocycles.